The molecule has 4 aromatic rings. The third-order valence-electron chi connectivity index (χ3n) is 5.02. The highest BCUT2D eigenvalue weighted by molar-refractivity contribution is 5.80. The van der Waals surface area contributed by atoms with E-state index < -0.39 is 4.92 Å². The molecule has 32 heavy (non-hydrogen) atoms. The molecule has 0 saturated heterocycles. The van der Waals surface area contributed by atoms with Gasteiger partial charge in [-0.2, -0.15) is 0 Å². The highest BCUT2D eigenvalue weighted by Gasteiger charge is 2.11. The van der Waals surface area contributed by atoms with E-state index in [1.165, 1.54) is 12.1 Å². The average molecular weight is 429 g/mol. The van der Waals surface area contributed by atoms with E-state index in [1.807, 2.05) is 47.0 Å². The number of benzene rings is 2. The van der Waals surface area contributed by atoms with Crippen molar-refractivity contribution in [3.05, 3.63) is 106 Å². The average Bonchev–Trinajstić information content (AvgIpc) is 3.24. The van der Waals surface area contributed by atoms with Gasteiger partial charge in [0.1, 0.15) is 0 Å². The van der Waals surface area contributed by atoms with Gasteiger partial charge in [0.25, 0.3) is 5.69 Å². The van der Waals surface area contributed by atoms with Gasteiger partial charge in [0, 0.05) is 18.3 Å². The molecule has 0 saturated carbocycles. The molecule has 2 heterocycles. The Balaban J connectivity index is 1.51. The van der Waals surface area contributed by atoms with Gasteiger partial charge in [-0.15, -0.1) is 10.2 Å². The smallest absolute Gasteiger partial charge is 0.269 e. The maximum atomic E-state index is 10.9. The summed E-state index contributed by atoms with van der Waals surface area (Å²) in [4.78, 5) is 15.1. The van der Waals surface area contributed by atoms with Gasteiger partial charge in [-0.05, 0) is 30.2 Å². The largest absolute Gasteiger partial charge is 0.350 e. The molecule has 2 N–H and O–H groups in total. The molecule has 2 aromatic carbocycles. The first-order valence-electron chi connectivity index (χ1n) is 10.2. The minimum atomic E-state index is -0.411. The Hall–Kier alpha value is -4.27. The van der Waals surface area contributed by atoms with Crippen LogP contribution in [0.3, 0.4) is 0 Å². The van der Waals surface area contributed by atoms with Crippen molar-refractivity contribution in [1.82, 2.24) is 25.2 Å². The van der Waals surface area contributed by atoms with Crippen molar-refractivity contribution in [2.24, 2.45) is 4.99 Å². The van der Waals surface area contributed by atoms with Crippen LogP contribution in [-0.4, -0.2) is 25.5 Å². The van der Waals surface area contributed by atoms with Crippen molar-refractivity contribution in [2.75, 3.05) is 0 Å². The summed E-state index contributed by atoms with van der Waals surface area (Å²) in [7, 11) is 0. The Bertz CT molecular complexity index is 1220. The molecule has 4 rings (SSSR count). The fourth-order valence-electron chi connectivity index (χ4n) is 3.25. The summed E-state index contributed by atoms with van der Waals surface area (Å²) in [6.45, 7) is 2.86. The molecule has 0 radical (unpaired) electrons. The topological polar surface area (TPSA) is 110 Å². The number of hydrogen-bond acceptors (Lipinski definition) is 5. The summed E-state index contributed by atoms with van der Waals surface area (Å²) in [5, 5.41) is 26.0. The van der Waals surface area contributed by atoms with Gasteiger partial charge in [-0.25, -0.2) is 4.99 Å². The van der Waals surface area contributed by atoms with E-state index in [0.717, 1.165) is 22.6 Å². The van der Waals surface area contributed by atoms with Gasteiger partial charge < -0.3 is 10.6 Å². The molecule has 9 nitrogen and oxygen atoms in total. The molecule has 1 unspecified atom stereocenters. The number of fused-ring (bicyclic) bond motifs is 1. The lowest BCUT2D eigenvalue weighted by molar-refractivity contribution is -0.384. The van der Waals surface area contributed by atoms with Crippen LogP contribution >= 0.6 is 0 Å². The third kappa shape index (κ3) is 5.07. The number of aliphatic imine (C=N–C) groups is 1. The highest BCUT2D eigenvalue weighted by atomic mass is 16.6. The maximum absolute atomic E-state index is 10.9. The van der Waals surface area contributed by atoms with E-state index >= 15 is 0 Å². The van der Waals surface area contributed by atoms with Crippen LogP contribution in [0.5, 0.6) is 0 Å². The summed E-state index contributed by atoms with van der Waals surface area (Å²) in [6, 6.07) is 22.3. The second-order valence-electron chi connectivity index (χ2n) is 7.26. The lowest BCUT2D eigenvalue weighted by Crippen LogP contribution is -2.38. The van der Waals surface area contributed by atoms with Crippen LogP contribution in [0.2, 0.25) is 0 Å². The van der Waals surface area contributed by atoms with Crippen LogP contribution in [0.15, 0.2) is 84.0 Å². The number of pyridine rings is 1. The number of non-ortho nitro benzene ring substituents is 1. The molecule has 0 aliphatic heterocycles. The van der Waals surface area contributed by atoms with Crippen molar-refractivity contribution >= 4 is 17.3 Å². The number of rotatable bonds is 7. The number of guanidine groups is 1. The molecule has 1 atom stereocenters. The Morgan fingerprint density at radius 2 is 1.81 bits per heavy atom. The quantitative estimate of drug-likeness (QED) is 0.201. The number of nitro groups is 1. The van der Waals surface area contributed by atoms with Crippen molar-refractivity contribution < 1.29 is 4.92 Å². The van der Waals surface area contributed by atoms with Crippen LogP contribution < -0.4 is 10.6 Å². The zero-order chi connectivity index (χ0) is 22.3. The van der Waals surface area contributed by atoms with Crippen LogP contribution in [0.1, 0.15) is 29.9 Å². The molecule has 0 amide bonds. The molecule has 0 aliphatic rings. The van der Waals surface area contributed by atoms with E-state index in [4.69, 9.17) is 0 Å². The monoisotopic (exact) mass is 429 g/mol. The lowest BCUT2D eigenvalue weighted by atomic mass is 10.1. The number of nitro benzene ring substituents is 1. The van der Waals surface area contributed by atoms with Gasteiger partial charge >= 0.3 is 0 Å². The lowest BCUT2D eigenvalue weighted by Gasteiger charge is -2.18. The standard InChI is InChI=1S/C23H23N7O2/c1-17(19-7-3-2-4-8-19)26-23(24-15-18-10-12-20(13-11-18)30(31)32)25-16-22-28-27-21-9-5-6-14-29(21)22/h2-14,17H,15-16H2,1H3,(H2,24,25,26). The Kier molecular flexibility index (Phi) is 6.35. The summed E-state index contributed by atoms with van der Waals surface area (Å²) < 4.78 is 1.92. The van der Waals surface area contributed by atoms with E-state index in [1.54, 1.807) is 12.1 Å². The molecule has 0 bridgehead atoms. The van der Waals surface area contributed by atoms with E-state index in [9.17, 15) is 10.1 Å². The van der Waals surface area contributed by atoms with E-state index in [-0.39, 0.29) is 11.7 Å². The van der Waals surface area contributed by atoms with Crippen LogP contribution in [0.25, 0.3) is 5.65 Å². The first-order chi connectivity index (χ1) is 15.6. The minimum absolute atomic E-state index is 0.0226. The van der Waals surface area contributed by atoms with Gasteiger partial charge in [0.05, 0.1) is 24.1 Å². The predicted molar refractivity (Wildman–Crippen MR) is 122 cm³/mol. The summed E-state index contributed by atoms with van der Waals surface area (Å²) >= 11 is 0. The summed E-state index contributed by atoms with van der Waals surface area (Å²) in [6.07, 6.45) is 1.92. The second kappa shape index (κ2) is 9.69. The van der Waals surface area contributed by atoms with Crippen LogP contribution in [0, 0.1) is 10.1 Å². The molecule has 0 spiro atoms. The number of nitrogens with zero attached hydrogens (tertiary/aromatic N) is 5. The third-order valence-corrected chi connectivity index (χ3v) is 5.02. The zero-order valence-corrected chi connectivity index (χ0v) is 17.5. The van der Waals surface area contributed by atoms with E-state index in [0.29, 0.717) is 19.0 Å². The van der Waals surface area contributed by atoms with Crippen molar-refractivity contribution in [3.8, 4) is 0 Å². The Morgan fingerprint density at radius 3 is 2.56 bits per heavy atom. The van der Waals surface area contributed by atoms with Crippen molar-refractivity contribution in [3.63, 3.8) is 0 Å². The number of nitrogens with one attached hydrogen (secondary N) is 2. The van der Waals surface area contributed by atoms with Crippen LogP contribution in [-0.2, 0) is 13.1 Å². The molecule has 162 valence electrons. The number of aromatic nitrogens is 3. The first-order valence-corrected chi connectivity index (χ1v) is 10.2. The predicted octanol–water partition coefficient (Wildman–Crippen LogP) is 3.63. The molecule has 0 aliphatic carbocycles. The molecule has 9 heteroatoms. The highest BCUT2D eigenvalue weighted by Crippen LogP contribution is 2.14. The Labute approximate surface area is 185 Å². The molecular formula is C23H23N7O2. The van der Waals surface area contributed by atoms with Crippen LogP contribution in [0.4, 0.5) is 5.69 Å². The second-order valence-corrected chi connectivity index (χ2v) is 7.26. The fourth-order valence-corrected chi connectivity index (χ4v) is 3.25. The first kappa shape index (κ1) is 21.0. The molecule has 2 aromatic heterocycles. The van der Waals surface area contributed by atoms with Gasteiger partial charge in [-0.3, -0.25) is 14.5 Å². The summed E-state index contributed by atoms with van der Waals surface area (Å²) in [5.41, 5.74) is 2.84. The SMILES string of the molecule is CC(NC(=NCc1ccc([N+](=O)[O-])cc1)NCc1nnc2ccccn12)c1ccccc1. The molecule has 0 fully saturated rings. The van der Waals surface area contributed by atoms with E-state index in [2.05, 4.69) is 44.9 Å². The van der Waals surface area contributed by atoms with Gasteiger partial charge in [0.15, 0.2) is 17.4 Å². The van der Waals surface area contributed by atoms with Crippen molar-refractivity contribution in [1.29, 1.82) is 0 Å². The zero-order valence-electron chi connectivity index (χ0n) is 17.5. The fraction of sp³-hybridized carbons (Fsp3) is 0.174. The summed E-state index contributed by atoms with van der Waals surface area (Å²) in [5.74, 6) is 1.37. The maximum Gasteiger partial charge on any atom is 0.269 e. The number of hydrogen-bond donors (Lipinski definition) is 2. The van der Waals surface area contributed by atoms with Crippen molar-refractivity contribution in [2.45, 2.75) is 26.1 Å². The van der Waals surface area contributed by atoms with Gasteiger partial charge in [-0.1, -0.05) is 48.5 Å². The molecular weight excluding hydrogens is 406 g/mol. The minimum Gasteiger partial charge on any atom is -0.350 e. The normalized spacial score (nSPS) is 12.5. The van der Waals surface area contributed by atoms with Gasteiger partial charge in [0.2, 0.25) is 0 Å². The Morgan fingerprint density at radius 1 is 1.06 bits per heavy atom.